The molecule has 0 aliphatic carbocycles. The van der Waals surface area contributed by atoms with Crippen LogP contribution >= 0.6 is 0 Å². The quantitative estimate of drug-likeness (QED) is 0.830. The number of hydrogen-bond acceptors (Lipinski definition) is 3. The summed E-state index contributed by atoms with van der Waals surface area (Å²) in [4.78, 5) is 28.7. The predicted molar refractivity (Wildman–Crippen MR) is 82.8 cm³/mol. The number of nitrogens with one attached hydrogen (secondary N) is 1. The average Bonchev–Trinajstić information content (AvgIpc) is 2.48. The van der Waals surface area contributed by atoms with E-state index in [1.165, 1.54) is 0 Å². The first-order valence-corrected chi connectivity index (χ1v) is 8.24. The molecule has 2 rings (SSSR count). The third kappa shape index (κ3) is 3.57. The summed E-state index contributed by atoms with van der Waals surface area (Å²) >= 11 is 0. The number of carbonyl (C=O) groups is 2. The van der Waals surface area contributed by atoms with Crippen LogP contribution in [-0.2, 0) is 9.59 Å². The van der Waals surface area contributed by atoms with Gasteiger partial charge in [0.2, 0.25) is 11.8 Å². The Kier molecular flexibility index (Phi) is 5.25. The van der Waals surface area contributed by atoms with Gasteiger partial charge in [-0.1, -0.05) is 13.8 Å². The standard InChI is InChI=1S/C16H29N3O2/c1-11(2)15(20)18-8-5-14(6-9-18)16(21)19-10-7-17-12(3)13(19)4/h11-14,17H,5-10H2,1-4H3. The molecule has 120 valence electrons. The fourth-order valence-corrected chi connectivity index (χ4v) is 3.31. The summed E-state index contributed by atoms with van der Waals surface area (Å²) in [5, 5.41) is 3.41. The number of carbonyl (C=O) groups excluding carboxylic acids is 2. The third-order valence-electron chi connectivity index (χ3n) is 4.97. The Bertz CT molecular complexity index is 389. The molecule has 1 N–H and O–H groups in total. The molecule has 2 aliphatic heterocycles. The van der Waals surface area contributed by atoms with Gasteiger partial charge in [0.15, 0.2) is 0 Å². The molecule has 2 atom stereocenters. The van der Waals surface area contributed by atoms with E-state index >= 15 is 0 Å². The van der Waals surface area contributed by atoms with E-state index in [0.717, 1.165) is 39.0 Å². The van der Waals surface area contributed by atoms with Gasteiger partial charge in [0.25, 0.3) is 0 Å². The number of likely N-dealkylation sites (tertiary alicyclic amines) is 1. The summed E-state index contributed by atoms with van der Waals surface area (Å²) in [6.45, 7) is 11.2. The summed E-state index contributed by atoms with van der Waals surface area (Å²) in [7, 11) is 0. The van der Waals surface area contributed by atoms with Crippen molar-refractivity contribution in [3.05, 3.63) is 0 Å². The minimum atomic E-state index is 0.0475. The number of piperazine rings is 1. The molecule has 0 aromatic carbocycles. The van der Waals surface area contributed by atoms with Gasteiger partial charge in [-0.3, -0.25) is 9.59 Å². The van der Waals surface area contributed by atoms with Gasteiger partial charge in [-0.05, 0) is 26.7 Å². The fraction of sp³-hybridized carbons (Fsp3) is 0.875. The average molecular weight is 295 g/mol. The predicted octanol–water partition coefficient (Wildman–Crippen LogP) is 1.09. The molecule has 5 heteroatoms. The van der Waals surface area contributed by atoms with Crippen LogP contribution in [0.15, 0.2) is 0 Å². The van der Waals surface area contributed by atoms with Crippen LogP contribution in [0.5, 0.6) is 0 Å². The first-order chi connectivity index (χ1) is 9.91. The van der Waals surface area contributed by atoms with Crippen molar-refractivity contribution in [2.24, 2.45) is 11.8 Å². The van der Waals surface area contributed by atoms with Gasteiger partial charge in [-0.15, -0.1) is 0 Å². The highest BCUT2D eigenvalue weighted by molar-refractivity contribution is 5.81. The molecular formula is C16H29N3O2. The molecule has 0 saturated carbocycles. The summed E-state index contributed by atoms with van der Waals surface area (Å²) in [5.41, 5.74) is 0. The molecule has 2 heterocycles. The molecule has 0 radical (unpaired) electrons. The van der Waals surface area contributed by atoms with Gasteiger partial charge in [0.05, 0.1) is 0 Å². The zero-order valence-electron chi connectivity index (χ0n) is 13.8. The maximum absolute atomic E-state index is 12.7. The van der Waals surface area contributed by atoms with Crippen LogP contribution < -0.4 is 5.32 Å². The SMILES string of the molecule is CC(C)C(=O)N1CCC(C(=O)N2CCNC(C)C2C)CC1. The highest BCUT2D eigenvalue weighted by Crippen LogP contribution is 2.23. The van der Waals surface area contributed by atoms with Gasteiger partial charge < -0.3 is 15.1 Å². The second-order valence-corrected chi connectivity index (χ2v) is 6.77. The Balaban J connectivity index is 1.90. The second-order valence-electron chi connectivity index (χ2n) is 6.77. The first kappa shape index (κ1) is 16.3. The van der Waals surface area contributed by atoms with Crippen LogP contribution in [-0.4, -0.2) is 59.9 Å². The largest absolute Gasteiger partial charge is 0.342 e. The Labute approximate surface area is 128 Å². The number of hydrogen-bond donors (Lipinski definition) is 1. The molecular weight excluding hydrogens is 266 g/mol. The van der Waals surface area contributed by atoms with E-state index in [9.17, 15) is 9.59 Å². The lowest BCUT2D eigenvalue weighted by Crippen LogP contribution is -2.59. The molecule has 2 unspecified atom stereocenters. The zero-order valence-corrected chi connectivity index (χ0v) is 13.8. The molecule has 0 aromatic rings. The molecule has 2 amide bonds. The van der Waals surface area contributed by atoms with Gasteiger partial charge in [-0.2, -0.15) is 0 Å². The Morgan fingerprint density at radius 2 is 1.71 bits per heavy atom. The van der Waals surface area contributed by atoms with Crippen molar-refractivity contribution in [1.29, 1.82) is 0 Å². The molecule has 2 saturated heterocycles. The monoisotopic (exact) mass is 295 g/mol. The van der Waals surface area contributed by atoms with E-state index in [1.54, 1.807) is 0 Å². The lowest BCUT2D eigenvalue weighted by molar-refractivity contribution is -0.144. The zero-order chi connectivity index (χ0) is 15.6. The number of nitrogens with zero attached hydrogens (tertiary/aromatic N) is 2. The molecule has 0 spiro atoms. The van der Waals surface area contributed by atoms with E-state index in [1.807, 2.05) is 23.6 Å². The van der Waals surface area contributed by atoms with Crippen molar-refractivity contribution in [3.63, 3.8) is 0 Å². The highest BCUT2D eigenvalue weighted by Gasteiger charge is 2.35. The van der Waals surface area contributed by atoms with Crippen LogP contribution in [0.2, 0.25) is 0 Å². The highest BCUT2D eigenvalue weighted by atomic mass is 16.2. The molecule has 2 fully saturated rings. The normalized spacial score (nSPS) is 28.0. The van der Waals surface area contributed by atoms with Crippen molar-refractivity contribution >= 4 is 11.8 Å². The maximum atomic E-state index is 12.7. The van der Waals surface area contributed by atoms with E-state index in [0.29, 0.717) is 6.04 Å². The molecule has 2 aliphatic rings. The smallest absolute Gasteiger partial charge is 0.226 e. The van der Waals surface area contributed by atoms with Crippen molar-refractivity contribution in [3.8, 4) is 0 Å². The maximum Gasteiger partial charge on any atom is 0.226 e. The molecule has 21 heavy (non-hydrogen) atoms. The van der Waals surface area contributed by atoms with Crippen LogP contribution in [0.1, 0.15) is 40.5 Å². The van der Waals surface area contributed by atoms with Crippen molar-refractivity contribution in [1.82, 2.24) is 15.1 Å². The van der Waals surface area contributed by atoms with Crippen molar-refractivity contribution in [2.45, 2.75) is 52.6 Å². The van der Waals surface area contributed by atoms with Gasteiger partial charge in [-0.25, -0.2) is 0 Å². The summed E-state index contributed by atoms with van der Waals surface area (Å²) < 4.78 is 0. The van der Waals surface area contributed by atoms with Crippen LogP contribution in [0.4, 0.5) is 0 Å². The Hall–Kier alpha value is -1.10. The summed E-state index contributed by atoms with van der Waals surface area (Å²) in [6.07, 6.45) is 1.62. The fourth-order valence-electron chi connectivity index (χ4n) is 3.31. The lowest BCUT2D eigenvalue weighted by atomic mass is 9.93. The van der Waals surface area contributed by atoms with Gasteiger partial charge >= 0.3 is 0 Å². The number of piperidine rings is 1. The van der Waals surface area contributed by atoms with E-state index in [-0.39, 0.29) is 29.7 Å². The lowest BCUT2D eigenvalue weighted by Gasteiger charge is -2.42. The van der Waals surface area contributed by atoms with E-state index in [4.69, 9.17) is 0 Å². The third-order valence-corrected chi connectivity index (χ3v) is 4.97. The molecule has 0 bridgehead atoms. The van der Waals surface area contributed by atoms with Crippen LogP contribution in [0.25, 0.3) is 0 Å². The van der Waals surface area contributed by atoms with E-state index in [2.05, 4.69) is 19.2 Å². The second kappa shape index (κ2) is 6.77. The van der Waals surface area contributed by atoms with Crippen molar-refractivity contribution < 1.29 is 9.59 Å². The molecule has 5 nitrogen and oxygen atoms in total. The number of rotatable bonds is 2. The van der Waals surface area contributed by atoms with Gasteiger partial charge in [0, 0.05) is 50.1 Å². The van der Waals surface area contributed by atoms with Crippen LogP contribution in [0, 0.1) is 11.8 Å². The first-order valence-electron chi connectivity index (χ1n) is 8.24. The molecule has 0 aromatic heterocycles. The Morgan fingerprint density at radius 1 is 1.10 bits per heavy atom. The summed E-state index contributed by atoms with van der Waals surface area (Å²) in [6, 6.07) is 0.604. The Morgan fingerprint density at radius 3 is 2.29 bits per heavy atom. The van der Waals surface area contributed by atoms with Gasteiger partial charge in [0.1, 0.15) is 0 Å². The van der Waals surface area contributed by atoms with E-state index < -0.39 is 0 Å². The minimum absolute atomic E-state index is 0.0475. The minimum Gasteiger partial charge on any atom is -0.342 e. The number of amides is 2. The summed E-state index contributed by atoms with van der Waals surface area (Å²) in [5.74, 6) is 0.637. The van der Waals surface area contributed by atoms with Crippen molar-refractivity contribution in [2.75, 3.05) is 26.2 Å². The van der Waals surface area contributed by atoms with Crippen LogP contribution in [0.3, 0.4) is 0 Å². The topological polar surface area (TPSA) is 52.7 Å².